The molecular formula is C18H26N2S. The molecule has 0 saturated carbocycles. The summed E-state index contributed by atoms with van der Waals surface area (Å²) in [4.78, 5) is 3.93. The van der Waals surface area contributed by atoms with Gasteiger partial charge in [0, 0.05) is 36.0 Å². The normalized spacial score (nSPS) is 14.6. The average molecular weight is 302 g/mol. The van der Waals surface area contributed by atoms with Crippen molar-refractivity contribution >= 4 is 11.3 Å². The molecular weight excluding hydrogens is 276 g/mol. The number of benzene rings is 1. The Morgan fingerprint density at radius 3 is 2.38 bits per heavy atom. The zero-order valence-corrected chi connectivity index (χ0v) is 14.1. The fourth-order valence-corrected chi connectivity index (χ4v) is 3.32. The summed E-state index contributed by atoms with van der Waals surface area (Å²) in [7, 11) is 0. The third kappa shape index (κ3) is 4.16. The molecule has 21 heavy (non-hydrogen) atoms. The maximum absolute atomic E-state index is 6.14. The first kappa shape index (κ1) is 16.2. The molecule has 114 valence electrons. The van der Waals surface area contributed by atoms with E-state index in [1.165, 1.54) is 10.4 Å². The van der Waals surface area contributed by atoms with Gasteiger partial charge in [0.2, 0.25) is 0 Å². The summed E-state index contributed by atoms with van der Waals surface area (Å²) in [5.41, 5.74) is 7.45. The zero-order valence-electron chi connectivity index (χ0n) is 13.3. The molecule has 1 aromatic heterocycles. The van der Waals surface area contributed by atoms with Crippen molar-refractivity contribution < 1.29 is 0 Å². The average Bonchev–Trinajstić information content (AvgIpc) is 3.00. The molecule has 2 aromatic rings. The molecule has 1 heterocycles. The number of hydrogen-bond donors (Lipinski definition) is 1. The second-order valence-corrected chi connectivity index (χ2v) is 7.24. The van der Waals surface area contributed by atoms with Crippen LogP contribution in [0, 0.1) is 0 Å². The molecule has 0 fully saturated rings. The molecule has 2 rings (SSSR count). The Kier molecular flexibility index (Phi) is 5.57. The summed E-state index contributed by atoms with van der Waals surface area (Å²) >= 11 is 1.83. The van der Waals surface area contributed by atoms with Crippen LogP contribution in [0.1, 0.15) is 31.2 Å². The lowest BCUT2D eigenvalue weighted by Gasteiger charge is -2.37. The molecule has 0 aliphatic heterocycles. The molecule has 2 N–H and O–H groups in total. The van der Waals surface area contributed by atoms with Crippen molar-refractivity contribution in [3.05, 3.63) is 58.3 Å². The first-order valence-corrected chi connectivity index (χ1v) is 8.45. The number of hydrogen-bond acceptors (Lipinski definition) is 3. The van der Waals surface area contributed by atoms with E-state index >= 15 is 0 Å². The van der Waals surface area contributed by atoms with Gasteiger partial charge in [-0.25, -0.2) is 0 Å². The van der Waals surface area contributed by atoms with Crippen molar-refractivity contribution in [1.29, 1.82) is 0 Å². The molecule has 0 aliphatic carbocycles. The maximum atomic E-state index is 6.14. The van der Waals surface area contributed by atoms with E-state index in [1.807, 2.05) is 11.3 Å². The highest BCUT2D eigenvalue weighted by Gasteiger charge is 2.28. The van der Waals surface area contributed by atoms with Crippen LogP contribution in [0.25, 0.3) is 0 Å². The van der Waals surface area contributed by atoms with Gasteiger partial charge < -0.3 is 5.73 Å². The number of rotatable bonds is 7. The van der Waals surface area contributed by atoms with Gasteiger partial charge in [-0.1, -0.05) is 43.3 Å². The van der Waals surface area contributed by atoms with Crippen LogP contribution in [0.15, 0.2) is 47.8 Å². The van der Waals surface area contributed by atoms with E-state index < -0.39 is 0 Å². The molecule has 0 spiro atoms. The van der Waals surface area contributed by atoms with Crippen molar-refractivity contribution in [2.75, 3.05) is 13.1 Å². The number of nitrogens with zero attached hydrogens (tertiary/aromatic N) is 1. The standard InChI is InChI=1S/C18H26N2S/c1-15(2)20(12-17-10-7-11-21-17)14-18(3,13-19)16-8-5-4-6-9-16/h4-11,15H,12-14,19H2,1-3H3. The summed E-state index contributed by atoms with van der Waals surface area (Å²) in [6, 6.07) is 15.5. The van der Waals surface area contributed by atoms with E-state index in [9.17, 15) is 0 Å². The molecule has 2 nitrogen and oxygen atoms in total. The van der Waals surface area contributed by atoms with Crippen molar-refractivity contribution in [2.24, 2.45) is 5.73 Å². The van der Waals surface area contributed by atoms with Crippen molar-refractivity contribution in [3.63, 3.8) is 0 Å². The van der Waals surface area contributed by atoms with Gasteiger partial charge in [-0.3, -0.25) is 4.90 Å². The van der Waals surface area contributed by atoms with Crippen LogP contribution in [0.2, 0.25) is 0 Å². The van der Waals surface area contributed by atoms with E-state index in [0.29, 0.717) is 12.6 Å². The quantitative estimate of drug-likeness (QED) is 0.841. The van der Waals surface area contributed by atoms with E-state index in [0.717, 1.165) is 13.1 Å². The van der Waals surface area contributed by atoms with Gasteiger partial charge in [-0.15, -0.1) is 11.3 Å². The number of nitrogens with two attached hydrogens (primary N) is 1. The summed E-state index contributed by atoms with van der Waals surface area (Å²) in [6.07, 6.45) is 0. The Balaban J connectivity index is 2.17. The van der Waals surface area contributed by atoms with E-state index in [2.05, 4.69) is 73.5 Å². The van der Waals surface area contributed by atoms with Crippen molar-refractivity contribution in [3.8, 4) is 0 Å². The predicted molar refractivity (Wildman–Crippen MR) is 92.7 cm³/mol. The second kappa shape index (κ2) is 7.21. The lowest BCUT2D eigenvalue weighted by atomic mass is 9.81. The summed E-state index contributed by atoms with van der Waals surface area (Å²) < 4.78 is 0. The molecule has 1 unspecified atom stereocenters. The molecule has 1 aromatic carbocycles. The minimum Gasteiger partial charge on any atom is -0.330 e. The minimum atomic E-state index is -0.0111. The van der Waals surface area contributed by atoms with Crippen LogP contribution in [0.5, 0.6) is 0 Å². The second-order valence-electron chi connectivity index (χ2n) is 6.21. The van der Waals surface area contributed by atoms with E-state index in [1.54, 1.807) is 0 Å². The Morgan fingerprint density at radius 2 is 1.86 bits per heavy atom. The molecule has 0 bridgehead atoms. The summed E-state index contributed by atoms with van der Waals surface area (Å²) in [5, 5.41) is 2.15. The van der Waals surface area contributed by atoms with Gasteiger partial charge in [0.1, 0.15) is 0 Å². The third-order valence-corrected chi connectivity index (χ3v) is 5.00. The number of thiophene rings is 1. The van der Waals surface area contributed by atoms with Crippen molar-refractivity contribution in [1.82, 2.24) is 4.90 Å². The van der Waals surface area contributed by atoms with Gasteiger partial charge in [-0.05, 0) is 30.9 Å². The highest BCUT2D eigenvalue weighted by Crippen LogP contribution is 2.26. The Labute approximate surface area is 132 Å². The Bertz CT molecular complexity index is 521. The Hall–Kier alpha value is -1.16. The lowest BCUT2D eigenvalue weighted by Crippen LogP contribution is -2.46. The van der Waals surface area contributed by atoms with E-state index in [4.69, 9.17) is 5.73 Å². The first-order valence-electron chi connectivity index (χ1n) is 7.57. The van der Waals surface area contributed by atoms with E-state index in [-0.39, 0.29) is 5.41 Å². The molecule has 1 atom stereocenters. The zero-order chi connectivity index (χ0) is 15.3. The first-order chi connectivity index (χ1) is 10.0. The van der Waals surface area contributed by atoms with Gasteiger partial charge in [0.05, 0.1) is 0 Å². The molecule has 3 heteroatoms. The minimum absolute atomic E-state index is 0.0111. The molecule has 0 saturated heterocycles. The molecule has 0 aliphatic rings. The fraction of sp³-hybridized carbons (Fsp3) is 0.444. The third-order valence-electron chi connectivity index (χ3n) is 4.14. The SMILES string of the molecule is CC(C)N(Cc1cccs1)CC(C)(CN)c1ccccc1. The van der Waals surface area contributed by atoms with Crippen LogP contribution < -0.4 is 5.73 Å². The maximum Gasteiger partial charge on any atom is 0.0330 e. The predicted octanol–water partition coefficient (Wildman–Crippen LogP) is 3.88. The monoisotopic (exact) mass is 302 g/mol. The lowest BCUT2D eigenvalue weighted by molar-refractivity contribution is 0.170. The van der Waals surface area contributed by atoms with Crippen LogP contribution in [-0.2, 0) is 12.0 Å². The Morgan fingerprint density at radius 1 is 1.14 bits per heavy atom. The van der Waals surface area contributed by atoms with Gasteiger partial charge in [0.25, 0.3) is 0 Å². The van der Waals surface area contributed by atoms with Crippen LogP contribution in [0.4, 0.5) is 0 Å². The summed E-state index contributed by atoms with van der Waals surface area (Å²) in [6.45, 7) is 9.42. The highest BCUT2D eigenvalue weighted by molar-refractivity contribution is 7.09. The van der Waals surface area contributed by atoms with Gasteiger partial charge in [0.15, 0.2) is 0 Å². The smallest absolute Gasteiger partial charge is 0.0330 e. The van der Waals surface area contributed by atoms with Crippen LogP contribution in [-0.4, -0.2) is 24.0 Å². The summed E-state index contributed by atoms with van der Waals surface area (Å²) in [5.74, 6) is 0. The van der Waals surface area contributed by atoms with Crippen LogP contribution >= 0.6 is 11.3 Å². The largest absolute Gasteiger partial charge is 0.330 e. The topological polar surface area (TPSA) is 29.3 Å². The van der Waals surface area contributed by atoms with Crippen molar-refractivity contribution in [2.45, 2.75) is 38.8 Å². The van der Waals surface area contributed by atoms with Gasteiger partial charge >= 0.3 is 0 Å². The van der Waals surface area contributed by atoms with Gasteiger partial charge in [-0.2, -0.15) is 0 Å². The fourth-order valence-electron chi connectivity index (χ4n) is 2.59. The van der Waals surface area contributed by atoms with Crippen LogP contribution in [0.3, 0.4) is 0 Å². The highest BCUT2D eigenvalue weighted by atomic mass is 32.1. The molecule has 0 amide bonds. The molecule has 0 radical (unpaired) electrons.